The molecule has 0 aromatic rings. The molecule has 1 aliphatic rings. The van der Waals surface area contributed by atoms with Crippen LogP contribution in [0, 0.1) is 11.3 Å². The fourth-order valence-electron chi connectivity index (χ4n) is 1.53. The van der Waals surface area contributed by atoms with E-state index in [-0.39, 0.29) is 11.5 Å². The SMILES string of the molecule is CC(C)CC(O)C1(CN)CC1. The van der Waals surface area contributed by atoms with Crippen molar-refractivity contribution in [3.8, 4) is 0 Å². The highest BCUT2D eigenvalue weighted by Gasteiger charge is 2.47. The van der Waals surface area contributed by atoms with Crippen LogP contribution in [0.25, 0.3) is 0 Å². The Kier molecular flexibility index (Phi) is 2.55. The summed E-state index contributed by atoms with van der Waals surface area (Å²) in [5.74, 6) is 0.578. The highest BCUT2D eigenvalue weighted by Crippen LogP contribution is 2.49. The third-order valence-electron chi connectivity index (χ3n) is 2.70. The van der Waals surface area contributed by atoms with Crippen molar-refractivity contribution >= 4 is 0 Å². The molecule has 1 saturated carbocycles. The Morgan fingerprint density at radius 2 is 2.00 bits per heavy atom. The molecule has 0 radical (unpaired) electrons. The zero-order chi connectivity index (χ0) is 8.48. The summed E-state index contributed by atoms with van der Waals surface area (Å²) in [4.78, 5) is 0. The third kappa shape index (κ3) is 1.94. The van der Waals surface area contributed by atoms with Crippen molar-refractivity contribution < 1.29 is 5.11 Å². The van der Waals surface area contributed by atoms with Gasteiger partial charge in [-0.25, -0.2) is 0 Å². The topological polar surface area (TPSA) is 46.2 Å². The van der Waals surface area contributed by atoms with Crippen LogP contribution >= 0.6 is 0 Å². The Hall–Kier alpha value is -0.0800. The van der Waals surface area contributed by atoms with Crippen LogP contribution in [-0.2, 0) is 0 Å². The van der Waals surface area contributed by atoms with E-state index in [1.54, 1.807) is 0 Å². The minimum absolute atomic E-state index is 0.115. The van der Waals surface area contributed by atoms with Gasteiger partial charge in [0.25, 0.3) is 0 Å². The van der Waals surface area contributed by atoms with Crippen LogP contribution in [-0.4, -0.2) is 17.8 Å². The number of hydrogen-bond acceptors (Lipinski definition) is 2. The third-order valence-corrected chi connectivity index (χ3v) is 2.70. The highest BCUT2D eigenvalue weighted by atomic mass is 16.3. The largest absolute Gasteiger partial charge is 0.392 e. The molecule has 1 unspecified atom stereocenters. The summed E-state index contributed by atoms with van der Waals surface area (Å²) in [5.41, 5.74) is 5.70. The minimum Gasteiger partial charge on any atom is -0.392 e. The standard InChI is InChI=1S/C9H19NO/c1-7(2)5-8(11)9(6-10)3-4-9/h7-8,11H,3-6,10H2,1-2H3. The molecule has 0 aromatic carbocycles. The molecule has 0 aromatic heterocycles. The summed E-state index contributed by atoms with van der Waals surface area (Å²) < 4.78 is 0. The molecule has 0 amide bonds. The van der Waals surface area contributed by atoms with Crippen LogP contribution in [0.1, 0.15) is 33.1 Å². The molecular weight excluding hydrogens is 138 g/mol. The number of aliphatic hydroxyl groups is 1. The van der Waals surface area contributed by atoms with E-state index in [1.165, 1.54) is 0 Å². The number of nitrogens with two attached hydrogens (primary N) is 1. The second kappa shape index (κ2) is 3.11. The van der Waals surface area contributed by atoms with Crippen molar-refractivity contribution in [3.05, 3.63) is 0 Å². The average molecular weight is 157 g/mol. The van der Waals surface area contributed by atoms with Gasteiger partial charge in [-0.1, -0.05) is 13.8 Å². The molecule has 3 N–H and O–H groups in total. The van der Waals surface area contributed by atoms with Gasteiger partial charge in [-0.05, 0) is 25.2 Å². The maximum absolute atomic E-state index is 9.73. The van der Waals surface area contributed by atoms with Crippen LogP contribution in [0.4, 0.5) is 0 Å². The van der Waals surface area contributed by atoms with Crippen LogP contribution in [0.5, 0.6) is 0 Å². The van der Waals surface area contributed by atoms with Gasteiger partial charge < -0.3 is 10.8 Å². The fraction of sp³-hybridized carbons (Fsp3) is 1.00. The van der Waals surface area contributed by atoms with E-state index in [1.807, 2.05) is 0 Å². The summed E-state index contributed by atoms with van der Waals surface area (Å²) in [7, 11) is 0. The maximum Gasteiger partial charge on any atom is 0.0610 e. The van der Waals surface area contributed by atoms with E-state index < -0.39 is 0 Å². The van der Waals surface area contributed by atoms with Gasteiger partial charge in [0, 0.05) is 12.0 Å². The van der Waals surface area contributed by atoms with Crippen molar-refractivity contribution in [1.82, 2.24) is 0 Å². The van der Waals surface area contributed by atoms with Gasteiger partial charge in [-0.15, -0.1) is 0 Å². The number of hydrogen-bond donors (Lipinski definition) is 2. The quantitative estimate of drug-likeness (QED) is 0.642. The van der Waals surface area contributed by atoms with E-state index in [9.17, 15) is 5.11 Å². The Balaban J connectivity index is 2.34. The lowest BCUT2D eigenvalue weighted by molar-refractivity contribution is 0.0766. The Bertz CT molecular complexity index is 130. The molecule has 0 saturated heterocycles. The number of rotatable bonds is 4. The van der Waals surface area contributed by atoms with E-state index in [0.717, 1.165) is 19.3 Å². The van der Waals surface area contributed by atoms with Crippen LogP contribution in [0.15, 0.2) is 0 Å². The summed E-state index contributed by atoms with van der Waals surface area (Å²) in [6.07, 6.45) is 2.99. The van der Waals surface area contributed by atoms with Crippen LogP contribution < -0.4 is 5.73 Å². The fourth-order valence-corrected chi connectivity index (χ4v) is 1.53. The molecule has 1 rings (SSSR count). The van der Waals surface area contributed by atoms with Crippen LogP contribution in [0.3, 0.4) is 0 Å². The summed E-state index contributed by atoms with van der Waals surface area (Å²) >= 11 is 0. The van der Waals surface area contributed by atoms with Gasteiger partial charge in [0.15, 0.2) is 0 Å². The Morgan fingerprint density at radius 3 is 2.27 bits per heavy atom. The number of aliphatic hydroxyl groups excluding tert-OH is 1. The zero-order valence-corrected chi connectivity index (χ0v) is 7.51. The molecule has 0 aliphatic heterocycles. The first kappa shape index (κ1) is 9.01. The zero-order valence-electron chi connectivity index (χ0n) is 7.51. The van der Waals surface area contributed by atoms with E-state index >= 15 is 0 Å². The molecule has 0 spiro atoms. The first-order valence-electron chi connectivity index (χ1n) is 4.49. The Labute approximate surface area is 68.8 Å². The van der Waals surface area contributed by atoms with Crippen molar-refractivity contribution in [1.29, 1.82) is 0 Å². The van der Waals surface area contributed by atoms with Gasteiger partial charge in [-0.3, -0.25) is 0 Å². The van der Waals surface area contributed by atoms with E-state index in [0.29, 0.717) is 12.5 Å². The lowest BCUT2D eigenvalue weighted by atomic mass is 9.92. The predicted molar refractivity (Wildman–Crippen MR) is 46.2 cm³/mol. The highest BCUT2D eigenvalue weighted by molar-refractivity contribution is 4.99. The predicted octanol–water partition coefficient (Wildman–Crippen LogP) is 1.13. The van der Waals surface area contributed by atoms with Crippen molar-refractivity contribution in [2.45, 2.75) is 39.2 Å². The van der Waals surface area contributed by atoms with Gasteiger partial charge in [0.1, 0.15) is 0 Å². The molecule has 2 nitrogen and oxygen atoms in total. The molecule has 66 valence electrons. The maximum atomic E-state index is 9.73. The first-order valence-corrected chi connectivity index (χ1v) is 4.49. The second-order valence-corrected chi connectivity index (χ2v) is 4.21. The molecule has 11 heavy (non-hydrogen) atoms. The van der Waals surface area contributed by atoms with Gasteiger partial charge in [0.2, 0.25) is 0 Å². The smallest absolute Gasteiger partial charge is 0.0610 e. The molecule has 0 heterocycles. The van der Waals surface area contributed by atoms with Crippen molar-refractivity contribution in [2.24, 2.45) is 17.1 Å². The molecular formula is C9H19NO. The molecule has 1 aliphatic carbocycles. The average Bonchev–Trinajstić information content (AvgIpc) is 2.65. The first-order chi connectivity index (χ1) is 5.10. The lowest BCUT2D eigenvalue weighted by Gasteiger charge is -2.21. The Morgan fingerprint density at radius 1 is 1.45 bits per heavy atom. The summed E-state index contributed by atoms with van der Waals surface area (Å²) in [6, 6.07) is 0. The van der Waals surface area contributed by atoms with Gasteiger partial charge in [0.05, 0.1) is 6.10 Å². The summed E-state index contributed by atoms with van der Waals surface area (Å²) in [5, 5.41) is 9.73. The summed E-state index contributed by atoms with van der Waals surface area (Å²) in [6.45, 7) is 4.92. The molecule has 0 bridgehead atoms. The van der Waals surface area contributed by atoms with Gasteiger partial charge in [-0.2, -0.15) is 0 Å². The van der Waals surface area contributed by atoms with E-state index in [4.69, 9.17) is 5.73 Å². The normalized spacial score (nSPS) is 23.7. The van der Waals surface area contributed by atoms with E-state index in [2.05, 4.69) is 13.8 Å². The van der Waals surface area contributed by atoms with Gasteiger partial charge >= 0.3 is 0 Å². The second-order valence-electron chi connectivity index (χ2n) is 4.21. The molecule has 1 atom stereocenters. The van der Waals surface area contributed by atoms with Crippen molar-refractivity contribution in [2.75, 3.05) is 6.54 Å². The molecule has 2 heteroatoms. The van der Waals surface area contributed by atoms with Crippen LogP contribution in [0.2, 0.25) is 0 Å². The minimum atomic E-state index is -0.160. The lowest BCUT2D eigenvalue weighted by Crippen LogP contribution is -2.30. The monoisotopic (exact) mass is 157 g/mol. The molecule has 1 fully saturated rings. The van der Waals surface area contributed by atoms with Crippen molar-refractivity contribution in [3.63, 3.8) is 0 Å².